The second-order valence-corrected chi connectivity index (χ2v) is 5.69. The Balaban J connectivity index is 1.63. The van der Waals surface area contributed by atoms with Crippen molar-refractivity contribution in [1.82, 2.24) is 14.5 Å². The maximum atomic E-state index is 12.7. The van der Waals surface area contributed by atoms with Crippen LogP contribution in [0.2, 0.25) is 0 Å². The Hall–Kier alpha value is -2.58. The zero-order chi connectivity index (χ0) is 17.3. The summed E-state index contributed by atoms with van der Waals surface area (Å²) in [6, 6.07) is 4.63. The van der Waals surface area contributed by atoms with E-state index in [-0.39, 0.29) is 11.6 Å². The molecule has 2 aromatic heterocycles. The van der Waals surface area contributed by atoms with Crippen molar-refractivity contribution < 1.29 is 23.1 Å². The van der Waals surface area contributed by atoms with E-state index < -0.39 is 17.8 Å². The van der Waals surface area contributed by atoms with Gasteiger partial charge in [0.2, 0.25) is 0 Å². The van der Waals surface area contributed by atoms with Crippen LogP contribution >= 0.6 is 0 Å². The zero-order valence-electron chi connectivity index (χ0n) is 12.5. The summed E-state index contributed by atoms with van der Waals surface area (Å²) in [5.74, 6) is -0.117. The molecule has 1 atom stereocenters. The molecule has 0 saturated carbocycles. The van der Waals surface area contributed by atoms with E-state index in [9.17, 15) is 18.0 Å². The minimum Gasteiger partial charge on any atom is -0.477 e. The van der Waals surface area contributed by atoms with Crippen LogP contribution in [0.5, 0.6) is 0 Å². The molecule has 0 amide bonds. The van der Waals surface area contributed by atoms with E-state index in [0.717, 1.165) is 6.20 Å². The Bertz CT molecular complexity index is 757. The van der Waals surface area contributed by atoms with Crippen LogP contribution in [-0.4, -0.2) is 32.2 Å². The summed E-state index contributed by atoms with van der Waals surface area (Å²) in [7, 11) is 0. The number of aromatic nitrogens is 3. The van der Waals surface area contributed by atoms with Gasteiger partial charge in [-0.3, -0.25) is 0 Å². The number of imidazole rings is 1. The van der Waals surface area contributed by atoms with E-state index in [2.05, 4.69) is 15.3 Å². The van der Waals surface area contributed by atoms with Gasteiger partial charge in [0, 0.05) is 25.7 Å². The smallest absolute Gasteiger partial charge is 0.434 e. The molecule has 2 N–H and O–H groups in total. The van der Waals surface area contributed by atoms with Gasteiger partial charge in [0.1, 0.15) is 11.6 Å². The molecule has 0 saturated heterocycles. The van der Waals surface area contributed by atoms with Crippen molar-refractivity contribution in [2.75, 3.05) is 11.9 Å². The summed E-state index contributed by atoms with van der Waals surface area (Å²) >= 11 is 0. The lowest BCUT2D eigenvalue weighted by atomic mass is 9.99. The van der Waals surface area contributed by atoms with Gasteiger partial charge in [-0.2, -0.15) is 13.2 Å². The molecule has 3 rings (SSSR count). The van der Waals surface area contributed by atoms with Crippen LogP contribution in [-0.2, 0) is 19.1 Å². The molecule has 0 aromatic carbocycles. The Morgan fingerprint density at radius 3 is 2.88 bits per heavy atom. The van der Waals surface area contributed by atoms with Crippen LogP contribution in [0.25, 0.3) is 0 Å². The standard InChI is InChI=1S/C15H15F3N4O2/c16-15(17,18)11-8-22-7-9(4-5-13(22)21-11)6-19-12-3-1-2-10(20-12)14(23)24/h1-3,8-9H,4-7H2,(H,19,20)(H,23,24). The fourth-order valence-corrected chi connectivity index (χ4v) is 2.72. The van der Waals surface area contributed by atoms with Crippen LogP contribution in [0.4, 0.5) is 19.0 Å². The number of nitrogens with one attached hydrogen (secondary N) is 1. The monoisotopic (exact) mass is 340 g/mol. The van der Waals surface area contributed by atoms with Crippen molar-refractivity contribution in [3.8, 4) is 0 Å². The molecule has 3 heterocycles. The molecule has 1 aliphatic heterocycles. The van der Waals surface area contributed by atoms with Crippen molar-refractivity contribution in [3.05, 3.63) is 41.6 Å². The number of aromatic carboxylic acids is 1. The van der Waals surface area contributed by atoms with Crippen LogP contribution in [0.3, 0.4) is 0 Å². The number of nitrogens with zero attached hydrogens (tertiary/aromatic N) is 3. The van der Waals surface area contributed by atoms with E-state index in [1.807, 2.05) is 0 Å². The molecule has 6 nitrogen and oxygen atoms in total. The Labute approximate surface area is 135 Å². The van der Waals surface area contributed by atoms with Gasteiger partial charge in [-0.1, -0.05) is 6.07 Å². The first-order valence-corrected chi connectivity index (χ1v) is 7.40. The molecule has 9 heteroatoms. The molecule has 2 aromatic rings. The lowest BCUT2D eigenvalue weighted by Crippen LogP contribution is -2.26. The van der Waals surface area contributed by atoms with Crippen LogP contribution < -0.4 is 5.32 Å². The Morgan fingerprint density at radius 2 is 2.17 bits per heavy atom. The molecule has 1 aliphatic rings. The number of hydrogen-bond acceptors (Lipinski definition) is 4. The van der Waals surface area contributed by atoms with Gasteiger partial charge in [-0.05, 0) is 24.5 Å². The Morgan fingerprint density at radius 1 is 1.38 bits per heavy atom. The van der Waals surface area contributed by atoms with Crippen molar-refractivity contribution in [3.63, 3.8) is 0 Å². The number of halogens is 3. The highest BCUT2D eigenvalue weighted by molar-refractivity contribution is 5.85. The number of fused-ring (bicyclic) bond motifs is 1. The van der Waals surface area contributed by atoms with E-state index in [1.54, 1.807) is 16.7 Å². The summed E-state index contributed by atoms with van der Waals surface area (Å²) in [5, 5.41) is 12.0. The summed E-state index contributed by atoms with van der Waals surface area (Å²) in [6.07, 6.45) is -2.20. The lowest BCUT2D eigenvalue weighted by molar-refractivity contribution is -0.141. The molecule has 0 radical (unpaired) electrons. The minimum absolute atomic E-state index is 0.0599. The summed E-state index contributed by atoms with van der Waals surface area (Å²) in [4.78, 5) is 18.5. The second-order valence-electron chi connectivity index (χ2n) is 5.69. The largest absolute Gasteiger partial charge is 0.477 e. The number of aryl methyl sites for hydroxylation is 1. The normalized spacial score (nSPS) is 17.4. The highest BCUT2D eigenvalue weighted by Gasteiger charge is 2.35. The van der Waals surface area contributed by atoms with Crippen LogP contribution in [0.15, 0.2) is 24.4 Å². The number of pyridine rings is 1. The quantitative estimate of drug-likeness (QED) is 0.894. The number of hydrogen-bond donors (Lipinski definition) is 2. The molecular weight excluding hydrogens is 325 g/mol. The lowest BCUT2D eigenvalue weighted by Gasteiger charge is -2.24. The molecule has 0 bridgehead atoms. The Kier molecular flexibility index (Phi) is 4.16. The average molecular weight is 340 g/mol. The zero-order valence-corrected chi connectivity index (χ0v) is 12.5. The number of anilines is 1. The van der Waals surface area contributed by atoms with Crippen LogP contribution in [0, 0.1) is 5.92 Å². The van der Waals surface area contributed by atoms with Gasteiger partial charge in [-0.25, -0.2) is 14.8 Å². The molecule has 0 fully saturated rings. The van der Waals surface area contributed by atoms with Gasteiger partial charge in [0.15, 0.2) is 11.4 Å². The molecule has 0 aliphatic carbocycles. The van der Waals surface area contributed by atoms with Gasteiger partial charge in [0.25, 0.3) is 0 Å². The summed E-state index contributed by atoms with van der Waals surface area (Å²) < 4.78 is 39.6. The van der Waals surface area contributed by atoms with Crippen LogP contribution in [0.1, 0.15) is 28.4 Å². The summed E-state index contributed by atoms with van der Waals surface area (Å²) in [6.45, 7) is 0.930. The highest BCUT2D eigenvalue weighted by atomic mass is 19.4. The first-order chi connectivity index (χ1) is 11.3. The first-order valence-electron chi connectivity index (χ1n) is 7.40. The topological polar surface area (TPSA) is 80.0 Å². The molecular formula is C15H15F3N4O2. The number of carbonyl (C=O) groups is 1. The number of carboxylic acid groups (broad SMARTS) is 1. The van der Waals surface area contributed by atoms with E-state index in [1.165, 1.54) is 6.07 Å². The third kappa shape index (κ3) is 3.50. The second kappa shape index (κ2) is 6.14. The maximum absolute atomic E-state index is 12.7. The van der Waals surface area contributed by atoms with E-state index in [4.69, 9.17) is 5.11 Å². The van der Waals surface area contributed by atoms with Gasteiger partial charge in [0.05, 0.1) is 0 Å². The highest BCUT2D eigenvalue weighted by Crippen LogP contribution is 2.30. The third-order valence-corrected chi connectivity index (χ3v) is 3.92. The van der Waals surface area contributed by atoms with E-state index in [0.29, 0.717) is 37.6 Å². The summed E-state index contributed by atoms with van der Waals surface area (Å²) in [5.41, 5.74) is -0.919. The van der Waals surface area contributed by atoms with Gasteiger partial charge in [-0.15, -0.1) is 0 Å². The van der Waals surface area contributed by atoms with Crippen molar-refractivity contribution >= 4 is 11.8 Å². The molecule has 128 valence electrons. The first kappa shape index (κ1) is 16.3. The SMILES string of the molecule is O=C(O)c1cccc(NCC2CCc3nc(C(F)(F)F)cn3C2)n1. The molecule has 0 spiro atoms. The predicted octanol–water partition coefficient (Wildman–Crippen LogP) is 2.67. The number of carboxylic acids is 1. The fourth-order valence-electron chi connectivity index (χ4n) is 2.72. The number of rotatable bonds is 4. The van der Waals surface area contributed by atoms with E-state index >= 15 is 0 Å². The molecule has 24 heavy (non-hydrogen) atoms. The number of alkyl halides is 3. The molecule has 1 unspecified atom stereocenters. The predicted molar refractivity (Wildman–Crippen MR) is 78.7 cm³/mol. The average Bonchev–Trinajstić information content (AvgIpc) is 2.96. The van der Waals surface area contributed by atoms with Crippen molar-refractivity contribution in [2.45, 2.75) is 25.6 Å². The third-order valence-electron chi connectivity index (χ3n) is 3.92. The van der Waals surface area contributed by atoms with Crippen molar-refractivity contribution in [2.24, 2.45) is 5.92 Å². The fraction of sp³-hybridized carbons (Fsp3) is 0.400. The maximum Gasteiger partial charge on any atom is 0.434 e. The minimum atomic E-state index is -4.43. The van der Waals surface area contributed by atoms with Gasteiger partial charge >= 0.3 is 12.1 Å². The van der Waals surface area contributed by atoms with Gasteiger partial charge < -0.3 is 15.0 Å². The van der Waals surface area contributed by atoms with Crippen molar-refractivity contribution in [1.29, 1.82) is 0 Å².